The summed E-state index contributed by atoms with van der Waals surface area (Å²) in [6, 6.07) is -0.123. The minimum atomic E-state index is -1.09. The highest BCUT2D eigenvalue weighted by atomic mass is 16.5. The summed E-state index contributed by atoms with van der Waals surface area (Å²) in [7, 11) is 0. The van der Waals surface area contributed by atoms with Gasteiger partial charge in [-0.1, -0.05) is 0 Å². The van der Waals surface area contributed by atoms with E-state index in [1.165, 1.54) is 0 Å². The second kappa shape index (κ2) is 5.87. The molecular weight excluding hydrogens is 276 g/mol. The number of rotatable bonds is 3. The Balaban J connectivity index is 2.33. The minimum absolute atomic E-state index is 0.0375. The van der Waals surface area contributed by atoms with Crippen molar-refractivity contribution in [3.8, 4) is 0 Å². The molecule has 116 valence electrons. The van der Waals surface area contributed by atoms with E-state index in [4.69, 9.17) is 9.84 Å². The van der Waals surface area contributed by atoms with Gasteiger partial charge in [-0.25, -0.2) is 4.79 Å². The van der Waals surface area contributed by atoms with E-state index in [-0.39, 0.29) is 24.2 Å². The molecule has 2 rings (SSSR count). The molecule has 1 aromatic rings. The average Bonchev–Trinajstić information content (AvgIpc) is 2.74. The Bertz CT molecular complexity index is 566. The molecular formula is C14H20N2O5. The Kier molecular flexibility index (Phi) is 4.34. The molecule has 0 aromatic carbocycles. The number of hydrogen-bond donors (Lipinski definition) is 3. The first-order valence-electron chi connectivity index (χ1n) is 6.82. The van der Waals surface area contributed by atoms with Crippen molar-refractivity contribution in [2.75, 3.05) is 19.8 Å². The summed E-state index contributed by atoms with van der Waals surface area (Å²) in [5.41, 5.74) is 1.40. The van der Waals surface area contributed by atoms with Crippen molar-refractivity contribution in [3.05, 3.63) is 22.5 Å². The van der Waals surface area contributed by atoms with Gasteiger partial charge in [-0.05, 0) is 26.3 Å². The van der Waals surface area contributed by atoms with Crippen molar-refractivity contribution in [2.24, 2.45) is 0 Å². The Morgan fingerprint density at radius 1 is 1.43 bits per heavy atom. The van der Waals surface area contributed by atoms with E-state index < -0.39 is 12.1 Å². The van der Waals surface area contributed by atoms with Crippen molar-refractivity contribution < 1.29 is 24.5 Å². The number of aromatic amines is 1. The van der Waals surface area contributed by atoms with Gasteiger partial charge in [-0.15, -0.1) is 0 Å². The third kappa shape index (κ3) is 2.79. The van der Waals surface area contributed by atoms with Crippen LogP contribution in [0.5, 0.6) is 0 Å². The maximum Gasteiger partial charge on any atom is 0.352 e. The summed E-state index contributed by atoms with van der Waals surface area (Å²) in [5, 5.41) is 18.3. The maximum atomic E-state index is 12.7. The number of hydrogen-bond acceptors (Lipinski definition) is 4. The first-order valence-corrected chi connectivity index (χ1v) is 6.82. The zero-order valence-corrected chi connectivity index (χ0v) is 12.3. The number of aromatic nitrogens is 1. The third-order valence-electron chi connectivity index (χ3n) is 3.84. The normalized spacial score (nSPS) is 22.4. The number of morpholine rings is 1. The molecule has 2 atom stereocenters. The second-order valence-corrected chi connectivity index (χ2v) is 5.37. The molecule has 0 bridgehead atoms. The first-order chi connectivity index (χ1) is 9.86. The predicted octanol–water partition coefficient (Wildman–Crippen LogP) is 0.552. The van der Waals surface area contributed by atoms with Crippen molar-refractivity contribution in [1.82, 2.24) is 9.88 Å². The number of ether oxygens (including phenoxy) is 1. The lowest BCUT2D eigenvalue weighted by molar-refractivity contribution is -0.0667. The largest absolute Gasteiger partial charge is 0.477 e. The Morgan fingerprint density at radius 2 is 2.10 bits per heavy atom. The summed E-state index contributed by atoms with van der Waals surface area (Å²) in [6.07, 6.45) is -0.399. The number of aryl methyl sites for hydroxylation is 1. The van der Waals surface area contributed by atoms with E-state index in [0.717, 1.165) is 0 Å². The molecule has 1 fully saturated rings. The van der Waals surface area contributed by atoms with Crippen LogP contribution in [0.4, 0.5) is 0 Å². The molecule has 1 saturated heterocycles. The monoisotopic (exact) mass is 296 g/mol. The van der Waals surface area contributed by atoms with Crippen LogP contribution in [-0.4, -0.2) is 63.9 Å². The lowest BCUT2D eigenvalue weighted by atomic mass is 10.1. The fourth-order valence-corrected chi connectivity index (χ4v) is 2.64. The molecule has 3 N–H and O–H groups in total. The summed E-state index contributed by atoms with van der Waals surface area (Å²) >= 11 is 0. The van der Waals surface area contributed by atoms with Crippen molar-refractivity contribution in [3.63, 3.8) is 0 Å². The number of aliphatic hydroxyl groups excluding tert-OH is 1. The van der Waals surface area contributed by atoms with Crippen LogP contribution in [0.3, 0.4) is 0 Å². The molecule has 7 nitrogen and oxygen atoms in total. The summed E-state index contributed by atoms with van der Waals surface area (Å²) < 4.78 is 5.41. The van der Waals surface area contributed by atoms with Crippen molar-refractivity contribution in [1.29, 1.82) is 0 Å². The van der Waals surface area contributed by atoms with Gasteiger partial charge in [0, 0.05) is 12.2 Å². The van der Waals surface area contributed by atoms with E-state index >= 15 is 0 Å². The first kappa shape index (κ1) is 15.5. The number of carboxylic acid groups (broad SMARTS) is 1. The van der Waals surface area contributed by atoms with E-state index in [9.17, 15) is 14.7 Å². The number of H-pyrrole nitrogens is 1. The third-order valence-corrected chi connectivity index (χ3v) is 3.84. The van der Waals surface area contributed by atoms with Gasteiger partial charge < -0.3 is 24.8 Å². The fraction of sp³-hybridized carbons (Fsp3) is 0.571. The number of carbonyl (C=O) groups excluding carboxylic acids is 1. The number of aliphatic hydroxyl groups is 1. The lowest BCUT2D eigenvalue weighted by Crippen LogP contribution is -2.52. The average molecular weight is 296 g/mol. The number of nitrogens with zero attached hydrogens (tertiary/aromatic N) is 1. The Labute approximate surface area is 122 Å². The molecule has 7 heteroatoms. The van der Waals surface area contributed by atoms with E-state index in [1.807, 2.05) is 6.92 Å². The molecule has 1 aliphatic rings. The molecule has 2 unspecified atom stereocenters. The zero-order valence-electron chi connectivity index (χ0n) is 12.3. The van der Waals surface area contributed by atoms with Crippen LogP contribution in [0.25, 0.3) is 0 Å². The van der Waals surface area contributed by atoms with Crippen LogP contribution in [-0.2, 0) is 4.74 Å². The SMILES string of the molecule is Cc1[nH]c(C(=O)O)c(C)c1C(=O)N1CC(CO)OCC1C. The molecule has 1 aliphatic heterocycles. The highest BCUT2D eigenvalue weighted by Crippen LogP contribution is 2.23. The quantitative estimate of drug-likeness (QED) is 0.756. The van der Waals surface area contributed by atoms with Gasteiger partial charge in [0.05, 0.1) is 30.9 Å². The standard InChI is InChI=1S/C14H20N2O5/c1-7-6-21-10(5-17)4-16(7)13(18)11-8(2)12(14(19)20)15-9(11)3/h7,10,15,17H,4-6H2,1-3H3,(H,19,20). The smallest absolute Gasteiger partial charge is 0.352 e. The highest BCUT2D eigenvalue weighted by Gasteiger charge is 2.33. The van der Waals surface area contributed by atoms with E-state index in [0.29, 0.717) is 30.0 Å². The van der Waals surface area contributed by atoms with Crippen LogP contribution in [0, 0.1) is 13.8 Å². The van der Waals surface area contributed by atoms with Gasteiger partial charge in [0.1, 0.15) is 5.69 Å². The van der Waals surface area contributed by atoms with Gasteiger partial charge in [-0.3, -0.25) is 4.79 Å². The number of nitrogens with one attached hydrogen (secondary N) is 1. The fourth-order valence-electron chi connectivity index (χ4n) is 2.64. The molecule has 21 heavy (non-hydrogen) atoms. The van der Waals surface area contributed by atoms with Crippen LogP contribution < -0.4 is 0 Å². The van der Waals surface area contributed by atoms with Crippen LogP contribution in [0.1, 0.15) is 39.0 Å². The lowest BCUT2D eigenvalue weighted by Gasteiger charge is -2.37. The van der Waals surface area contributed by atoms with Gasteiger partial charge >= 0.3 is 5.97 Å². The summed E-state index contributed by atoms with van der Waals surface area (Å²) in [5.74, 6) is -1.32. The predicted molar refractivity (Wildman–Crippen MR) is 74.6 cm³/mol. The Hall–Kier alpha value is -1.86. The zero-order chi connectivity index (χ0) is 15.7. The number of carboxylic acids is 1. The molecule has 0 radical (unpaired) electrons. The molecule has 2 heterocycles. The highest BCUT2D eigenvalue weighted by molar-refractivity contribution is 6.01. The Morgan fingerprint density at radius 3 is 2.62 bits per heavy atom. The topological polar surface area (TPSA) is 103 Å². The molecule has 0 saturated carbocycles. The van der Waals surface area contributed by atoms with Gasteiger partial charge in [-0.2, -0.15) is 0 Å². The van der Waals surface area contributed by atoms with Crippen LogP contribution >= 0.6 is 0 Å². The molecule has 1 aromatic heterocycles. The van der Waals surface area contributed by atoms with Crippen molar-refractivity contribution >= 4 is 11.9 Å². The maximum absolute atomic E-state index is 12.7. The molecule has 0 spiro atoms. The minimum Gasteiger partial charge on any atom is -0.477 e. The number of amides is 1. The molecule has 1 amide bonds. The van der Waals surface area contributed by atoms with Crippen molar-refractivity contribution in [2.45, 2.75) is 32.9 Å². The van der Waals surface area contributed by atoms with Gasteiger partial charge in [0.25, 0.3) is 5.91 Å². The van der Waals surface area contributed by atoms with Crippen LogP contribution in [0.2, 0.25) is 0 Å². The summed E-state index contributed by atoms with van der Waals surface area (Å²) in [4.78, 5) is 28.2. The number of aromatic carboxylic acids is 1. The van der Waals surface area contributed by atoms with Gasteiger partial charge in [0.15, 0.2) is 0 Å². The molecule has 0 aliphatic carbocycles. The van der Waals surface area contributed by atoms with E-state index in [2.05, 4.69) is 4.98 Å². The summed E-state index contributed by atoms with van der Waals surface area (Å²) in [6.45, 7) is 5.66. The van der Waals surface area contributed by atoms with Gasteiger partial charge in [0.2, 0.25) is 0 Å². The number of carbonyl (C=O) groups is 2. The second-order valence-electron chi connectivity index (χ2n) is 5.37. The van der Waals surface area contributed by atoms with Crippen LogP contribution in [0.15, 0.2) is 0 Å². The van der Waals surface area contributed by atoms with E-state index in [1.54, 1.807) is 18.7 Å².